The van der Waals surface area contributed by atoms with Gasteiger partial charge in [0.2, 0.25) is 0 Å². The van der Waals surface area contributed by atoms with Crippen molar-refractivity contribution in [1.29, 1.82) is 0 Å². The highest BCUT2D eigenvalue weighted by atomic mass is 16.4. The number of aliphatic carboxylic acids is 1. The molecule has 13 heavy (non-hydrogen) atoms. The second-order valence-electron chi connectivity index (χ2n) is 2.89. The average molecular weight is 183 g/mol. The molecule has 1 aliphatic rings. The molecule has 0 unspecified atom stereocenters. The predicted molar refractivity (Wildman–Crippen MR) is 49.7 cm³/mol. The van der Waals surface area contributed by atoms with E-state index in [4.69, 9.17) is 9.90 Å². The minimum Gasteiger partial charge on any atom is -0.550 e. The molecule has 0 aliphatic carbocycles. The van der Waals surface area contributed by atoms with Crippen LogP contribution in [0.2, 0.25) is 0 Å². The van der Waals surface area contributed by atoms with Crippen LogP contribution in [-0.4, -0.2) is 12.5 Å². The highest BCUT2D eigenvalue weighted by Gasteiger charge is 2.00. The fraction of sp³-hybridized carbons (Fsp3) is 0.500. The Morgan fingerprint density at radius 1 is 1.38 bits per heavy atom. The topological polar surface area (TPSA) is 44.6 Å². The van der Waals surface area contributed by atoms with E-state index in [-0.39, 0.29) is 0 Å². The third-order valence-corrected chi connectivity index (χ3v) is 1.55. The number of hydrogen-bond donors (Lipinski definition) is 1. The highest BCUT2D eigenvalue weighted by molar-refractivity contribution is 5.60. The SMILES string of the molecule is CC(=O)[O-].CCCC[NH+]1C=CC=C1. The molecule has 0 radical (unpaired) electrons. The summed E-state index contributed by atoms with van der Waals surface area (Å²) in [6.07, 6.45) is 11.2. The predicted octanol–water partition coefficient (Wildman–Crippen LogP) is -0.531. The minimum atomic E-state index is -1.08. The molecule has 3 heteroatoms. The smallest absolute Gasteiger partial charge is 0.0990 e. The third-order valence-electron chi connectivity index (χ3n) is 1.55. The fourth-order valence-electron chi connectivity index (χ4n) is 0.961. The average Bonchev–Trinajstić information content (AvgIpc) is 2.51. The van der Waals surface area contributed by atoms with Crippen LogP contribution in [0.5, 0.6) is 0 Å². The zero-order chi connectivity index (χ0) is 10.1. The van der Waals surface area contributed by atoms with Gasteiger partial charge in [-0.2, -0.15) is 0 Å². The van der Waals surface area contributed by atoms with E-state index in [9.17, 15) is 0 Å². The molecule has 0 aromatic rings. The summed E-state index contributed by atoms with van der Waals surface area (Å²) in [6.45, 7) is 4.45. The first-order valence-corrected chi connectivity index (χ1v) is 4.55. The number of unbranched alkanes of at least 4 members (excludes halogenated alkanes) is 1. The van der Waals surface area contributed by atoms with E-state index in [1.807, 2.05) is 0 Å². The van der Waals surface area contributed by atoms with E-state index in [1.165, 1.54) is 24.3 Å². The first-order chi connectivity index (χ1) is 6.16. The van der Waals surface area contributed by atoms with Crippen molar-refractivity contribution in [2.45, 2.75) is 26.7 Å². The van der Waals surface area contributed by atoms with Crippen LogP contribution in [0.3, 0.4) is 0 Å². The second kappa shape index (κ2) is 7.55. The lowest BCUT2D eigenvalue weighted by Gasteiger charge is -2.03. The number of hydrogen-bond acceptors (Lipinski definition) is 2. The normalized spacial score (nSPS) is 14.0. The van der Waals surface area contributed by atoms with Gasteiger partial charge in [0.1, 0.15) is 0 Å². The summed E-state index contributed by atoms with van der Waals surface area (Å²) >= 11 is 0. The molecule has 1 rings (SSSR count). The Balaban J connectivity index is 0.000000310. The van der Waals surface area contributed by atoms with Gasteiger partial charge >= 0.3 is 0 Å². The number of quaternary nitrogens is 1. The number of rotatable bonds is 3. The lowest BCUT2D eigenvalue weighted by atomic mass is 10.3. The maximum atomic E-state index is 8.89. The largest absolute Gasteiger partial charge is 0.550 e. The molecule has 0 saturated heterocycles. The quantitative estimate of drug-likeness (QED) is 0.639. The first kappa shape index (κ1) is 11.9. The number of allylic oxidation sites excluding steroid dienone is 2. The van der Waals surface area contributed by atoms with Crippen molar-refractivity contribution in [3.63, 3.8) is 0 Å². The highest BCUT2D eigenvalue weighted by Crippen LogP contribution is 1.82. The van der Waals surface area contributed by atoms with Crippen molar-refractivity contribution in [2.75, 3.05) is 6.54 Å². The van der Waals surface area contributed by atoms with E-state index in [0.717, 1.165) is 6.92 Å². The van der Waals surface area contributed by atoms with Crippen molar-refractivity contribution < 1.29 is 14.8 Å². The molecule has 0 fully saturated rings. The Bertz CT molecular complexity index is 181. The van der Waals surface area contributed by atoms with Crippen molar-refractivity contribution in [3.05, 3.63) is 24.6 Å². The van der Waals surface area contributed by atoms with Gasteiger partial charge < -0.3 is 9.90 Å². The fourth-order valence-corrected chi connectivity index (χ4v) is 0.961. The van der Waals surface area contributed by atoms with Crippen LogP contribution >= 0.6 is 0 Å². The molecule has 0 spiro atoms. The van der Waals surface area contributed by atoms with Gasteiger partial charge in [-0.25, -0.2) is 0 Å². The summed E-state index contributed by atoms with van der Waals surface area (Å²) in [5.74, 6) is -1.08. The summed E-state index contributed by atoms with van der Waals surface area (Å²) in [5, 5.41) is 8.89. The van der Waals surface area contributed by atoms with Gasteiger partial charge in [0.25, 0.3) is 0 Å². The molecule has 1 aliphatic heterocycles. The molecule has 1 heterocycles. The zero-order valence-corrected chi connectivity index (χ0v) is 8.25. The van der Waals surface area contributed by atoms with Crippen LogP contribution in [0.15, 0.2) is 24.6 Å². The lowest BCUT2D eigenvalue weighted by molar-refractivity contribution is -0.787. The van der Waals surface area contributed by atoms with E-state index in [0.29, 0.717) is 0 Å². The van der Waals surface area contributed by atoms with Gasteiger partial charge in [0.15, 0.2) is 0 Å². The van der Waals surface area contributed by atoms with E-state index in [2.05, 4.69) is 31.5 Å². The van der Waals surface area contributed by atoms with Crippen LogP contribution < -0.4 is 10.0 Å². The molecule has 1 N–H and O–H groups in total. The Labute approximate surface area is 79.4 Å². The molecule has 0 saturated carbocycles. The van der Waals surface area contributed by atoms with Gasteiger partial charge in [0, 0.05) is 5.97 Å². The summed E-state index contributed by atoms with van der Waals surface area (Å²) in [4.78, 5) is 10.4. The number of carboxylic acids is 1. The van der Waals surface area contributed by atoms with E-state index >= 15 is 0 Å². The molecule has 0 atom stereocenters. The molecule has 0 aromatic carbocycles. The van der Waals surface area contributed by atoms with Gasteiger partial charge in [-0.05, 0) is 25.5 Å². The lowest BCUT2D eigenvalue weighted by Crippen LogP contribution is -3.01. The van der Waals surface area contributed by atoms with Gasteiger partial charge in [-0.3, -0.25) is 4.90 Å². The molecule has 3 nitrogen and oxygen atoms in total. The van der Waals surface area contributed by atoms with Crippen molar-refractivity contribution >= 4 is 5.97 Å². The Kier molecular flexibility index (Phi) is 6.92. The monoisotopic (exact) mass is 183 g/mol. The van der Waals surface area contributed by atoms with Gasteiger partial charge in [-0.15, -0.1) is 0 Å². The third kappa shape index (κ3) is 8.82. The standard InChI is InChI=1S/C8H13N.C2H4O2/c1-2-3-6-9-7-4-5-8-9;1-2(3)4/h4-5,7-8H,2-3,6H2,1H3;1H3,(H,3,4). The number of nitrogens with one attached hydrogen (secondary N) is 1. The Morgan fingerprint density at radius 3 is 2.23 bits per heavy atom. The molecule has 0 aromatic heterocycles. The first-order valence-electron chi connectivity index (χ1n) is 4.55. The molecule has 74 valence electrons. The summed E-state index contributed by atoms with van der Waals surface area (Å²) in [7, 11) is 0. The molecule has 0 amide bonds. The van der Waals surface area contributed by atoms with Crippen molar-refractivity contribution in [1.82, 2.24) is 0 Å². The maximum Gasteiger partial charge on any atom is 0.0990 e. The van der Waals surface area contributed by atoms with Crippen LogP contribution in [0.4, 0.5) is 0 Å². The van der Waals surface area contributed by atoms with Crippen molar-refractivity contribution in [3.8, 4) is 0 Å². The minimum absolute atomic E-state index is 0.972. The summed E-state index contributed by atoms with van der Waals surface area (Å²) in [6, 6.07) is 0. The second-order valence-corrected chi connectivity index (χ2v) is 2.89. The van der Waals surface area contributed by atoms with Crippen LogP contribution in [0.1, 0.15) is 26.7 Å². The van der Waals surface area contributed by atoms with E-state index < -0.39 is 5.97 Å². The van der Waals surface area contributed by atoms with E-state index in [1.54, 1.807) is 0 Å². The molecule has 0 bridgehead atoms. The van der Waals surface area contributed by atoms with Gasteiger partial charge in [0.05, 0.1) is 18.9 Å². The zero-order valence-electron chi connectivity index (χ0n) is 8.25. The van der Waals surface area contributed by atoms with Crippen LogP contribution in [0, 0.1) is 0 Å². The number of carbonyl (C=O) groups is 1. The Hall–Kier alpha value is -1.09. The van der Waals surface area contributed by atoms with Gasteiger partial charge in [-0.1, -0.05) is 13.3 Å². The summed E-state index contributed by atoms with van der Waals surface area (Å²) in [5.41, 5.74) is 0. The number of carboxylic acid groups (broad SMARTS) is 1. The maximum absolute atomic E-state index is 8.89. The molecular weight excluding hydrogens is 166 g/mol. The summed E-state index contributed by atoms with van der Waals surface area (Å²) < 4.78 is 0. The Morgan fingerprint density at radius 2 is 1.85 bits per heavy atom. The van der Waals surface area contributed by atoms with Crippen molar-refractivity contribution in [2.24, 2.45) is 0 Å². The number of carbonyl (C=O) groups excluding carboxylic acids is 1. The molecular formula is C10H17NO2. The van der Waals surface area contributed by atoms with Crippen LogP contribution in [0.25, 0.3) is 0 Å². The van der Waals surface area contributed by atoms with Crippen LogP contribution in [-0.2, 0) is 4.79 Å².